The largest absolute Gasteiger partial charge is 0.494 e. The monoisotopic (exact) mass is 684 g/mol. The van der Waals surface area contributed by atoms with Crippen LogP contribution >= 0.6 is 23.1 Å². The van der Waals surface area contributed by atoms with Gasteiger partial charge in [0.25, 0.3) is 5.56 Å². The van der Waals surface area contributed by atoms with E-state index in [1.807, 2.05) is 84.1 Å². The molecule has 6 aromatic rings. The molecule has 0 unspecified atom stereocenters. The Morgan fingerprint density at radius 1 is 1.06 bits per heavy atom. The van der Waals surface area contributed by atoms with Gasteiger partial charge in [-0.1, -0.05) is 80.2 Å². The number of benzene rings is 3. The Morgan fingerprint density at radius 2 is 1.82 bits per heavy atom. The maximum atomic E-state index is 13.5. The average Bonchev–Trinajstić information content (AvgIpc) is 3.69. The lowest BCUT2D eigenvalue weighted by molar-refractivity contribution is -0.113. The van der Waals surface area contributed by atoms with Crippen LogP contribution in [0.4, 0.5) is 5.00 Å². The highest BCUT2D eigenvalue weighted by Gasteiger charge is 2.33. The Balaban J connectivity index is 1.14. The van der Waals surface area contributed by atoms with Crippen LogP contribution in [-0.2, 0) is 10.2 Å². The molecule has 11 heteroatoms. The zero-order valence-electron chi connectivity index (χ0n) is 27.1. The summed E-state index contributed by atoms with van der Waals surface area (Å²) < 4.78 is 8.89. The number of hydrogen-bond acceptors (Lipinski definition) is 8. The van der Waals surface area contributed by atoms with Crippen molar-refractivity contribution in [3.8, 4) is 17.5 Å². The molecule has 0 bridgehead atoms. The number of ether oxygens (including phenoxy) is 1. The second kappa shape index (κ2) is 13.2. The SMILES string of the molecule is CCOc1ccc(C=CC2=Cc3c(sc(NC(=O)CSc4nnc5n(-c6ccccc6)c(=O)c6ccccc6n45)c3C#N)C(C)(C)C2)cc1. The number of anilines is 1. The summed E-state index contributed by atoms with van der Waals surface area (Å²) >= 11 is 2.68. The Kier molecular flexibility index (Phi) is 8.67. The van der Waals surface area contributed by atoms with Crippen LogP contribution in [0, 0.1) is 11.3 Å². The summed E-state index contributed by atoms with van der Waals surface area (Å²) in [6.45, 7) is 6.92. The van der Waals surface area contributed by atoms with E-state index in [0.29, 0.717) is 44.7 Å². The van der Waals surface area contributed by atoms with E-state index in [-0.39, 0.29) is 22.6 Å². The number of fused-ring (bicyclic) bond motifs is 4. The first-order valence-corrected chi connectivity index (χ1v) is 17.6. The highest BCUT2D eigenvalue weighted by atomic mass is 32.2. The van der Waals surface area contributed by atoms with Crippen molar-refractivity contribution in [3.05, 3.63) is 122 Å². The number of nitrogens with zero attached hydrogens (tertiary/aromatic N) is 5. The Bertz CT molecular complexity index is 2380. The summed E-state index contributed by atoms with van der Waals surface area (Å²) in [6.07, 6.45) is 7.02. The van der Waals surface area contributed by atoms with Crippen molar-refractivity contribution in [1.82, 2.24) is 19.2 Å². The molecule has 9 nitrogen and oxygen atoms in total. The van der Waals surface area contributed by atoms with Crippen molar-refractivity contribution in [1.29, 1.82) is 5.26 Å². The number of carbonyl (C=O) groups excluding carboxylic acids is 1. The number of allylic oxidation sites excluding steroid dienone is 2. The second-order valence-electron chi connectivity index (χ2n) is 12.2. The summed E-state index contributed by atoms with van der Waals surface area (Å²) in [5, 5.41) is 23.5. The summed E-state index contributed by atoms with van der Waals surface area (Å²) in [7, 11) is 0. The number of nitrogens with one attached hydrogen (secondary N) is 1. The van der Waals surface area contributed by atoms with Crippen LogP contribution in [0.3, 0.4) is 0 Å². The Hall–Kier alpha value is -5.44. The quantitative estimate of drug-likeness (QED) is 0.154. The van der Waals surface area contributed by atoms with E-state index < -0.39 is 0 Å². The Labute approximate surface area is 291 Å². The van der Waals surface area contributed by atoms with Gasteiger partial charge in [0.2, 0.25) is 11.7 Å². The maximum absolute atomic E-state index is 13.5. The predicted molar refractivity (Wildman–Crippen MR) is 197 cm³/mol. The maximum Gasteiger partial charge on any atom is 0.267 e. The number of thiophene rings is 1. The van der Waals surface area contributed by atoms with E-state index in [0.717, 1.165) is 33.7 Å². The van der Waals surface area contributed by atoms with Gasteiger partial charge in [-0.2, -0.15) is 5.26 Å². The van der Waals surface area contributed by atoms with Gasteiger partial charge in [0.05, 0.1) is 34.5 Å². The van der Waals surface area contributed by atoms with Crippen LogP contribution in [-0.4, -0.2) is 37.4 Å². The van der Waals surface area contributed by atoms with Gasteiger partial charge in [0.1, 0.15) is 16.8 Å². The van der Waals surface area contributed by atoms with Crippen molar-refractivity contribution in [2.45, 2.75) is 37.8 Å². The van der Waals surface area contributed by atoms with E-state index in [1.165, 1.54) is 27.7 Å². The number of amides is 1. The summed E-state index contributed by atoms with van der Waals surface area (Å²) in [5.74, 6) is 0.957. The van der Waals surface area contributed by atoms with Gasteiger partial charge in [-0.15, -0.1) is 21.5 Å². The molecule has 1 N–H and O–H groups in total. The molecule has 1 aliphatic rings. The van der Waals surface area contributed by atoms with E-state index in [9.17, 15) is 14.9 Å². The minimum absolute atomic E-state index is 0.0301. The minimum Gasteiger partial charge on any atom is -0.494 e. The molecule has 0 fully saturated rings. The zero-order valence-corrected chi connectivity index (χ0v) is 28.8. The molecule has 0 aliphatic heterocycles. The molecule has 3 heterocycles. The van der Waals surface area contributed by atoms with Crippen LogP contribution in [0.2, 0.25) is 0 Å². The molecule has 1 amide bonds. The van der Waals surface area contributed by atoms with Crippen LogP contribution < -0.4 is 15.6 Å². The number of hydrogen-bond donors (Lipinski definition) is 1. The highest BCUT2D eigenvalue weighted by molar-refractivity contribution is 7.99. The molecule has 244 valence electrons. The molecule has 7 rings (SSSR count). The molecular formula is C38H32N6O3S2. The summed E-state index contributed by atoms with van der Waals surface area (Å²) in [6, 6.07) is 26.9. The molecule has 3 aromatic carbocycles. The molecule has 0 saturated carbocycles. The minimum atomic E-state index is -0.269. The van der Waals surface area contributed by atoms with E-state index in [2.05, 4.69) is 53.7 Å². The second-order valence-corrected chi connectivity index (χ2v) is 14.2. The van der Waals surface area contributed by atoms with Crippen LogP contribution in [0.5, 0.6) is 5.75 Å². The highest BCUT2D eigenvalue weighted by Crippen LogP contribution is 2.47. The summed E-state index contributed by atoms with van der Waals surface area (Å²) in [5.41, 5.74) is 4.37. The first-order valence-electron chi connectivity index (χ1n) is 15.8. The molecule has 0 atom stereocenters. The van der Waals surface area contributed by atoms with Gasteiger partial charge in [-0.25, -0.2) is 4.57 Å². The first kappa shape index (κ1) is 32.1. The number of nitriles is 1. The lowest BCUT2D eigenvalue weighted by atomic mass is 9.77. The molecule has 0 radical (unpaired) electrons. The van der Waals surface area contributed by atoms with Crippen molar-refractivity contribution < 1.29 is 9.53 Å². The lowest BCUT2D eigenvalue weighted by Crippen LogP contribution is -2.21. The average molecular weight is 685 g/mol. The number of para-hydroxylation sites is 2. The van der Waals surface area contributed by atoms with Crippen LogP contribution in [0.15, 0.2) is 100 Å². The zero-order chi connectivity index (χ0) is 34.1. The number of rotatable bonds is 9. The van der Waals surface area contributed by atoms with E-state index in [1.54, 1.807) is 6.07 Å². The third kappa shape index (κ3) is 6.17. The van der Waals surface area contributed by atoms with Gasteiger partial charge in [-0.3, -0.25) is 14.0 Å². The number of aromatic nitrogens is 4. The van der Waals surface area contributed by atoms with Crippen LogP contribution in [0.1, 0.15) is 48.8 Å². The summed E-state index contributed by atoms with van der Waals surface area (Å²) in [4.78, 5) is 28.0. The normalized spacial score (nSPS) is 13.7. The van der Waals surface area contributed by atoms with E-state index in [4.69, 9.17) is 4.74 Å². The number of carbonyl (C=O) groups is 1. The Morgan fingerprint density at radius 3 is 2.57 bits per heavy atom. The smallest absolute Gasteiger partial charge is 0.267 e. The van der Waals surface area contributed by atoms with Gasteiger partial charge in [-0.05, 0) is 67.0 Å². The molecule has 1 aliphatic carbocycles. The van der Waals surface area contributed by atoms with Crippen molar-refractivity contribution in [3.63, 3.8) is 0 Å². The van der Waals surface area contributed by atoms with Crippen molar-refractivity contribution in [2.24, 2.45) is 0 Å². The molecule has 3 aromatic heterocycles. The topological polar surface area (TPSA) is 114 Å². The van der Waals surface area contributed by atoms with Gasteiger partial charge >= 0.3 is 0 Å². The van der Waals surface area contributed by atoms with Crippen molar-refractivity contribution in [2.75, 3.05) is 17.7 Å². The van der Waals surface area contributed by atoms with Crippen LogP contribution in [0.25, 0.3) is 34.5 Å². The third-order valence-electron chi connectivity index (χ3n) is 8.32. The first-order chi connectivity index (χ1) is 23.8. The van der Waals surface area contributed by atoms with Crippen molar-refractivity contribution >= 4 is 62.8 Å². The lowest BCUT2D eigenvalue weighted by Gasteiger charge is -2.29. The van der Waals surface area contributed by atoms with Gasteiger partial charge in [0.15, 0.2) is 5.16 Å². The van der Waals surface area contributed by atoms with Gasteiger partial charge in [0, 0.05) is 15.9 Å². The molecule has 0 saturated heterocycles. The molecule has 0 spiro atoms. The van der Waals surface area contributed by atoms with Gasteiger partial charge < -0.3 is 10.1 Å². The van der Waals surface area contributed by atoms with E-state index >= 15 is 0 Å². The third-order valence-corrected chi connectivity index (χ3v) is 10.7. The molecule has 49 heavy (non-hydrogen) atoms. The predicted octanol–water partition coefficient (Wildman–Crippen LogP) is 7.87. The molecular weight excluding hydrogens is 653 g/mol. The number of thioether (sulfide) groups is 1. The fraction of sp³-hybridized carbons (Fsp3) is 0.184. The fourth-order valence-corrected chi connectivity index (χ4v) is 8.12. The standard InChI is InChI=1S/C38H32N6O3S2/c1-4-47-27-18-16-24(17-19-27)14-15-25-20-29-30(22-39)34(49-33(29)38(2,3)21-25)40-32(45)23-48-37-42-41-36-43(26-10-6-5-7-11-26)35(46)28-12-8-9-13-31(28)44(36)37/h5-20H,4,21,23H2,1-3H3,(H,40,45). The fourth-order valence-electron chi connectivity index (χ4n) is 6.14.